The predicted molar refractivity (Wildman–Crippen MR) is 56.8 cm³/mol. The molecule has 96 valence electrons. The molecule has 2 aliphatic carbocycles. The fourth-order valence-corrected chi connectivity index (χ4v) is 3.95. The summed E-state index contributed by atoms with van der Waals surface area (Å²) in [6.45, 7) is 0. The second-order valence-corrected chi connectivity index (χ2v) is 5.57. The highest BCUT2D eigenvalue weighted by Crippen LogP contribution is 2.49. The van der Waals surface area contributed by atoms with Crippen LogP contribution in [0.5, 0.6) is 0 Å². The molecule has 6 atom stereocenters. The van der Waals surface area contributed by atoms with Gasteiger partial charge in [-0.1, -0.05) is 0 Å². The molecule has 5 nitrogen and oxygen atoms in total. The van der Waals surface area contributed by atoms with Gasteiger partial charge in [-0.3, -0.25) is 4.79 Å². The van der Waals surface area contributed by atoms with E-state index in [4.69, 9.17) is 4.74 Å². The summed E-state index contributed by atoms with van der Waals surface area (Å²) in [7, 11) is 0. The third kappa shape index (κ3) is 1.68. The first-order valence-corrected chi connectivity index (χ1v) is 6.31. The van der Waals surface area contributed by atoms with Gasteiger partial charge in [0.2, 0.25) is 0 Å². The van der Waals surface area contributed by atoms with E-state index in [0.717, 1.165) is 0 Å². The molecule has 6 unspecified atom stereocenters. The van der Waals surface area contributed by atoms with Crippen molar-refractivity contribution >= 4 is 5.97 Å². The minimum Gasteiger partial charge on any atom is -0.462 e. The summed E-state index contributed by atoms with van der Waals surface area (Å²) in [5, 5.41) is 29.9. The van der Waals surface area contributed by atoms with Crippen LogP contribution < -0.4 is 0 Å². The van der Waals surface area contributed by atoms with Crippen LogP contribution in [0.1, 0.15) is 25.7 Å². The van der Waals surface area contributed by atoms with Crippen molar-refractivity contribution in [3.63, 3.8) is 0 Å². The van der Waals surface area contributed by atoms with Gasteiger partial charge in [0.05, 0.1) is 24.7 Å². The Morgan fingerprint density at radius 1 is 1.00 bits per heavy atom. The van der Waals surface area contributed by atoms with E-state index >= 15 is 0 Å². The highest BCUT2D eigenvalue weighted by Gasteiger charge is 2.55. The number of carbonyl (C=O) groups excluding carboxylic acids is 1. The van der Waals surface area contributed by atoms with E-state index in [2.05, 4.69) is 0 Å². The van der Waals surface area contributed by atoms with E-state index in [0.29, 0.717) is 25.7 Å². The van der Waals surface area contributed by atoms with Crippen molar-refractivity contribution in [2.45, 2.75) is 50.1 Å². The molecule has 1 aliphatic heterocycles. The maximum absolute atomic E-state index is 11.3. The number of carbonyl (C=O) groups is 1. The average molecular weight is 242 g/mol. The number of rotatable bonds is 1. The first-order chi connectivity index (χ1) is 8.08. The summed E-state index contributed by atoms with van der Waals surface area (Å²) in [4.78, 5) is 11.3. The van der Waals surface area contributed by atoms with Crippen LogP contribution in [0.3, 0.4) is 0 Å². The Morgan fingerprint density at radius 3 is 2.29 bits per heavy atom. The van der Waals surface area contributed by atoms with E-state index < -0.39 is 18.3 Å². The lowest BCUT2D eigenvalue weighted by molar-refractivity contribution is -0.142. The van der Waals surface area contributed by atoms with Crippen LogP contribution in [-0.4, -0.2) is 45.7 Å². The molecule has 3 N–H and O–H groups in total. The molecule has 3 aliphatic rings. The van der Waals surface area contributed by atoms with Gasteiger partial charge in [0, 0.05) is 18.3 Å². The van der Waals surface area contributed by atoms with Crippen LogP contribution in [-0.2, 0) is 9.53 Å². The van der Waals surface area contributed by atoms with Gasteiger partial charge in [-0.25, -0.2) is 0 Å². The molecule has 0 spiro atoms. The lowest BCUT2D eigenvalue weighted by Gasteiger charge is -2.30. The molecule has 3 rings (SSSR count). The molecule has 1 heterocycles. The van der Waals surface area contributed by atoms with Gasteiger partial charge in [0.1, 0.15) is 6.10 Å². The molecule has 1 saturated heterocycles. The lowest BCUT2D eigenvalue weighted by Crippen LogP contribution is -2.38. The summed E-state index contributed by atoms with van der Waals surface area (Å²) in [5.41, 5.74) is 0. The molecular weight excluding hydrogens is 224 g/mol. The van der Waals surface area contributed by atoms with Crippen molar-refractivity contribution in [1.82, 2.24) is 0 Å². The molecule has 2 saturated carbocycles. The van der Waals surface area contributed by atoms with Crippen LogP contribution in [0.15, 0.2) is 0 Å². The second-order valence-electron chi connectivity index (χ2n) is 5.57. The summed E-state index contributed by atoms with van der Waals surface area (Å²) in [6, 6.07) is 0. The zero-order chi connectivity index (χ0) is 12.2. The zero-order valence-electron chi connectivity index (χ0n) is 9.53. The summed E-state index contributed by atoms with van der Waals surface area (Å²) in [5.74, 6) is -0.780. The van der Waals surface area contributed by atoms with Gasteiger partial charge in [0.15, 0.2) is 0 Å². The number of hydrogen-bond donors (Lipinski definition) is 3. The predicted octanol–water partition coefficient (Wildman–Crippen LogP) is -0.569. The average Bonchev–Trinajstić information content (AvgIpc) is 2.83. The molecule has 17 heavy (non-hydrogen) atoms. The number of esters is 1. The number of aliphatic hydroxyl groups excluding tert-OH is 3. The minimum absolute atomic E-state index is 0.0371. The molecule has 0 aromatic rings. The van der Waals surface area contributed by atoms with E-state index in [-0.39, 0.29) is 29.8 Å². The monoisotopic (exact) mass is 242 g/mol. The van der Waals surface area contributed by atoms with E-state index in [1.54, 1.807) is 0 Å². The molecule has 0 amide bonds. The van der Waals surface area contributed by atoms with Crippen LogP contribution in [0.4, 0.5) is 0 Å². The van der Waals surface area contributed by atoms with Crippen molar-refractivity contribution in [2.75, 3.05) is 0 Å². The topological polar surface area (TPSA) is 87.0 Å². The Balaban J connectivity index is 1.83. The molecule has 0 aromatic carbocycles. The summed E-state index contributed by atoms with van der Waals surface area (Å²) >= 11 is 0. The molecular formula is C12H18O5. The Kier molecular flexibility index (Phi) is 2.65. The maximum Gasteiger partial charge on any atom is 0.306 e. The third-order valence-corrected chi connectivity index (χ3v) is 4.67. The quantitative estimate of drug-likeness (QED) is 0.536. The van der Waals surface area contributed by atoms with Crippen molar-refractivity contribution in [2.24, 2.45) is 17.8 Å². The zero-order valence-corrected chi connectivity index (χ0v) is 9.53. The largest absolute Gasteiger partial charge is 0.462 e. The van der Waals surface area contributed by atoms with Gasteiger partial charge in [-0.05, 0) is 18.8 Å². The first kappa shape index (κ1) is 11.4. The van der Waals surface area contributed by atoms with Gasteiger partial charge < -0.3 is 20.1 Å². The Labute approximate surface area is 99.4 Å². The van der Waals surface area contributed by atoms with Gasteiger partial charge >= 0.3 is 5.97 Å². The molecule has 0 radical (unpaired) electrons. The standard InChI is InChI=1S/C12H18O5/c13-6-1-2-7(14)12(6)11-5-3-10(16)17-9(5)4-8(11)15/h5-9,11-15H,1-4H2. The fraction of sp³-hybridized carbons (Fsp3) is 0.917. The number of hydrogen-bond acceptors (Lipinski definition) is 5. The SMILES string of the molecule is O=C1CC2C(CC(O)C2C2C(O)CCC2O)O1. The highest BCUT2D eigenvalue weighted by molar-refractivity contribution is 5.72. The van der Waals surface area contributed by atoms with Crippen LogP contribution in [0.25, 0.3) is 0 Å². The fourth-order valence-electron chi connectivity index (χ4n) is 3.95. The third-order valence-electron chi connectivity index (χ3n) is 4.67. The first-order valence-electron chi connectivity index (χ1n) is 6.31. The van der Waals surface area contributed by atoms with Crippen molar-refractivity contribution < 1.29 is 24.9 Å². The number of ether oxygens (including phenoxy) is 1. The number of aliphatic hydroxyl groups is 3. The van der Waals surface area contributed by atoms with Crippen LogP contribution >= 0.6 is 0 Å². The molecule has 0 aromatic heterocycles. The Bertz CT molecular complexity index is 321. The maximum atomic E-state index is 11.3. The second kappa shape index (κ2) is 3.93. The molecule has 0 bridgehead atoms. The van der Waals surface area contributed by atoms with Crippen molar-refractivity contribution in [1.29, 1.82) is 0 Å². The summed E-state index contributed by atoms with van der Waals surface area (Å²) in [6.07, 6.45) is -0.0480. The molecule has 3 fully saturated rings. The Hall–Kier alpha value is -0.650. The summed E-state index contributed by atoms with van der Waals surface area (Å²) < 4.78 is 5.15. The van der Waals surface area contributed by atoms with Gasteiger partial charge in [-0.2, -0.15) is 0 Å². The smallest absolute Gasteiger partial charge is 0.306 e. The van der Waals surface area contributed by atoms with Gasteiger partial charge in [0.25, 0.3) is 0 Å². The Morgan fingerprint density at radius 2 is 1.65 bits per heavy atom. The van der Waals surface area contributed by atoms with Crippen molar-refractivity contribution in [3.05, 3.63) is 0 Å². The van der Waals surface area contributed by atoms with E-state index in [9.17, 15) is 20.1 Å². The highest BCUT2D eigenvalue weighted by atomic mass is 16.6. The number of fused-ring (bicyclic) bond motifs is 1. The van der Waals surface area contributed by atoms with Gasteiger partial charge in [-0.15, -0.1) is 0 Å². The van der Waals surface area contributed by atoms with E-state index in [1.807, 2.05) is 0 Å². The lowest BCUT2D eigenvalue weighted by atomic mass is 9.78. The van der Waals surface area contributed by atoms with E-state index in [1.165, 1.54) is 0 Å². The van der Waals surface area contributed by atoms with Crippen LogP contribution in [0, 0.1) is 17.8 Å². The van der Waals surface area contributed by atoms with Crippen molar-refractivity contribution in [3.8, 4) is 0 Å². The normalized spacial score (nSPS) is 53.8. The minimum atomic E-state index is -0.578. The van der Waals surface area contributed by atoms with Crippen LogP contribution in [0.2, 0.25) is 0 Å². The molecule has 5 heteroatoms.